The normalized spacial score (nSPS) is 16.9. The van der Waals surface area contributed by atoms with Crippen LogP contribution < -0.4 is 5.32 Å². The molecule has 3 aromatic rings. The van der Waals surface area contributed by atoms with Crippen LogP contribution in [0.2, 0.25) is 0 Å². The summed E-state index contributed by atoms with van der Waals surface area (Å²) in [6, 6.07) is 7.68. The maximum atomic E-state index is 13.4. The molecule has 0 saturated carbocycles. The average molecular weight is 467 g/mol. The first-order valence-electron chi connectivity index (χ1n) is 11.3. The van der Waals surface area contributed by atoms with Gasteiger partial charge in [-0.3, -0.25) is 9.59 Å². The van der Waals surface area contributed by atoms with E-state index in [4.69, 9.17) is 4.42 Å². The van der Waals surface area contributed by atoms with Crippen molar-refractivity contribution in [2.45, 2.75) is 59.0 Å². The number of carbonyl (C=O) groups excluding carboxylic acids is 2. The van der Waals surface area contributed by atoms with Crippen molar-refractivity contribution in [1.29, 1.82) is 0 Å². The first-order chi connectivity index (χ1) is 15.8. The Bertz CT molecular complexity index is 1120. The first kappa shape index (κ1) is 23.2. The molecule has 33 heavy (non-hydrogen) atoms. The van der Waals surface area contributed by atoms with Crippen molar-refractivity contribution in [3.05, 3.63) is 58.9 Å². The minimum Gasteiger partial charge on any atom is -0.445 e. The minimum absolute atomic E-state index is 0.0144. The van der Waals surface area contributed by atoms with E-state index in [1.165, 1.54) is 0 Å². The number of benzene rings is 1. The van der Waals surface area contributed by atoms with Crippen LogP contribution in [0.15, 0.2) is 40.4 Å². The van der Waals surface area contributed by atoms with Crippen molar-refractivity contribution in [2.24, 2.45) is 5.92 Å². The van der Waals surface area contributed by atoms with Gasteiger partial charge in [-0.05, 0) is 43.7 Å². The lowest BCUT2D eigenvalue weighted by molar-refractivity contribution is -0.140. The van der Waals surface area contributed by atoms with Crippen molar-refractivity contribution >= 4 is 23.2 Å². The summed E-state index contributed by atoms with van der Waals surface area (Å²) >= 11 is 1.62. The van der Waals surface area contributed by atoms with Crippen LogP contribution in [0.1, 0.15) is 55.5 Å². The Kier molecular flexibility index (Phi) is 6.93. The molecule has 3 heterocycles. The van der Waals surface area contributed by atoms with Gasteiger partial charge in [0.05, 0.1) is 22.3 Å². The monoisotopic (exact) mass is 466 g/mol. The minimum atomic E-state index is -0.491. The smallest absolute Gasteiger partial charge is 0.243 e. The lowest BCUT2D eigenvalue weighted by atomic mass is 9.93. The Balaban J connectivity index is 1.40. The van der Waals surface area contributed by atoms with E-state index in [-0.39, 0.29) is 17.7 Å². The third kappa shape index (κ3) is 5.00. The van der Waals surface area contributed by atoms with Crippen LogP contribution in [0.3, 0.4) is 0 Å². The molecular weight excluding hydrogens is 436 g/mol. The Hall–Kier alpha value is -3.00. The standard InChI is InChI=1S/C25H30N4O3S/c1-15(2)21(24-27-12-16(3)32-24)25(31)29-11-5-6-20(29)23(30)26-13-18-7-9-19(10-8-18)22-17(4)28-14-33-22/h7-10,12,14-15,20-21H,5-6,11,13H2,1-4H3,(H,26,30). The molecule has 8 heteroatoms. The zero-order chi connectivity index (χ0) is 23.5. The van der Waals surface area contributed by atoms with Gasteiger partial charge in [-0.1, -0.05) is 38.1 Å². The molecule has 1 aliphatic heterocycles. The molecule has 7 nitrogen and oxygen atoms in total. The van der Waals surface area contributed by atoms with Crippen molar-refractivity contribution in [3.8, 4) is 10.4 Å². The number of nitrogens with one attached hydrogen (secondary N) is 1. The highest BCUT2D eigenvalue weighted by Gasteiger charge is 2.40. The van der Waals surface area contributed by atoms with Gasteiger partial charge in [0.1, 0.15) is 17.7 Å². The highest BCUT2D eigenvalue weighted by Crippen LogP contribution is 2.30. The molecule has 0 radical (unpaired) electrons. The molecule has 2 amide bonds. The molecule has 1 aliphatic rings. The van der Waals surface area contributed by atoms with Gasteiger partial charge in [-0.15, -0.1) is 11.3 Å². The van der Waals surface area contributed by atoms with Crippen LogP contribution in [0.5, 0.6) is 0 Å². The molecular formula is C25H30N4O3S. The molecule has 1 fully saturated rings. The number of carbonyl (C=O) groups is 2. The zero-order valence-corrected chi connectivity index (χ0v) is 20.3. The molecule has 0 bridgehead atoms. The lowest BCUT2D eigenvalue weighted by Crippen LogP contribution is -2.48. The van der Waals surface area contributed by atoms with E-state index in [0.29, 0.717) is 31.2 Å². The van der Waals surface area contributed by atoms with Crippen molar-refractivity contribution in [2.75, 3.05) is 6.54 Å². The van der Waals surface area contributed by atoms with E-state index >= 15 is 0 Å². The number of rotatable bonds is 7. The molecule has 174 valence electrons. The molecule has 1 saturated heterocycles. The van der Waals surface area contributed by atoms with Crippen LogP contribution in [-0.4, -0.2) is 39.3 Å². The van der Waals surface area contributed by atoms with Gasteiger partial charge in [-0.25, -0.2) is 9.97 Å². The summed E-state index contributed by atoms with van der Waals surface area (Å²) in [6.45, 7) is 8.76. The number of oxazole rings is 1. The Morgan fingerprint density at radius 1 is 1.21 bits per heavy atom. The van der Waals surface area contributed by atoms with Crippen LogP contribution in [0.25, 0.3) is 10.4 Å². The maximum absolute atomic E-state index is 13.4. The molecule has 0 aliphatic carbocycles. The maximum Gasteiger partial charge on any atom is 0.243 e. The number of hydrogen-bond donors (Lipinski definition) is 1. The fraction of sp³-hybridized carbons (Fsp3) is 0.440. The third-order valence-corrected chi connectivity index (χ3v) is 7.08. The van der Waals surface area contributed by atoms with E-state index in [9.17, 15) is 9.59 Å². The number of hydrogen-bond acceptors (Lipinski definition) is 6. The number of amides is 2. The van der Waals surface area contributed by atoms with Crippen molar-refractivity contribution in [1.82, 2.24) is 20.2 Å². The van der Waals surface area contributed by atoms with E-state index in [0.717, 1.165) is 28.1 Å². The van der Waals surface area contributed by atoms with Gasteiger partial charge in [-0.2, -0.15) is 0 Å². The highest BCUT2D eigenvalue weighted by molar-refractivity contribution is 7.13. The van der Waals surface area contributed by atoms with Gasteiger partial charge in [0.2, 0.25) is 17.7 Å². The van der Waals surface area contributed by atoms with Gasteiger partial charge in [0, 0.05) is 13.1 Å². The second-order valence-corrected chi connectivity index (χ2v) is 9.76. The Morgan fingerprint density at radius 2 is 1.97 bits per heavy atom. The second kappa shape index (κ2) is 9.87. The zero-order valence-electron chi connectivity index (χ0n) is 19.5. The SMILES string of the molecule is Cc1cnc(C(C(=O)N2CCCC2C(=O)NCc2ccc(-c3scnc3C)cc2)C(C)C)o1. The van der Waals surface area contributed by atoms with E-state index in [1.807, 2.05) is 45.3 Å². The van der Waals surface area contributed by atoms with Gasteiger partial charge in [0.15, 0.2) is 0 Å². The fourth-order valence-corrected chi connectivity index (χ4v) is 5.15. The number of thiazole rings is 1. The summed E-state index contributed by atoms with van der Waals surface area (Å²) in [5, 5.41) is 3.02. The summed E-state index contributed by atoms with van der Waals surface area (Å²) in [4.78, 5) is 37.9. The lowest BCUT2D eigenvalue weighted by Gasteiger charge is -2.28. The quantitative estimate of drug-likeness (QED) is 0.555. The van der Waals surface area contributed by atoms with Crippen molar-refractivity contribution < 1.29 is 14.0 Å². The molecule has 2 atom stereocenters. The van der Waals surface area contributed by atoms with E-state index in [1.54, 1.807) is 22.4 Å². The van der Waals surface area contributed by atoms with Gasteiger partial charge >= 0.3 is 0 Å². The largest absolute Gasteiger partial charge is 0.445 e. The highest BCUT2D eigenvalue weighted by atomic mass is 32.1. The number of aromatic nitrogens is 2. The summed E-state index contributed by atoms with van der Waals surface area (Å²) < 4.78 is 5.67. The first-order valence-corrected chi connectivity index (χ1v) is 12.2. The summed E-state index contributed by atoms with van der Waals surface area (Å²) in [5.41, 5.74) is 5.01. The fourth-order valence-electron chi connectivity index (χ4n) is 4.33. The van der Waals surface area contributed by atoms with Crippen LogP contribution >= 0.6 is 11.3 Å². The molecule has 2 unspecified atom stereocenters. The average Bonchev–Trinajstić information content (AvgIpc) is 3.53. The Labute approximate surface area is 198 Å². The van der Waals surface area contributed by atoms with E-state index < -0.39 is 12.0 Å². The number of likely N-dealkylation sites (tertiary alicyclic amines) is 1. The molecule has 0 spiro atoms. The molecule has 2 aromatic heterocycles. The predicted molar refractivity (Wildman–Crippen MR) is 128 cm³/mol. The molecule has 1 aromatic carbocycles. The van der Waals surface area contributed by atoms with Crippen LogP contribution in [0.4, 0.5) is 0 Å². The third-order valence-electron chi connectivity index (χ3n) is 6.10. The Morgan fingerprint density at radius 3 is 2.58 bits per heavy atom. The summed E-state index contributed by atoms with van der Waals surface area (Å²) in [5.74, 6) is 0.420. The van der Waals surface area contributed by atoms with Gasteiger partial charge < -0.3 is 14.6 Å². The molecule has 1 N–H and O–H groups in total. The van der Waals surface area contributed by atoms with E-state index in [2.05, 4.69) is 27.4 Å². The predicted octanol–water partition coefficient (Wildman–Crippen LogP) is 4.46. The van der Waals surface area contributed by atoms with Gasteiger partial charge in [0.25, 0.3) is 0 Å². The van der Waals surface area contributed by atoms with Crippen LogP contribution in [-0.2, 0) is 16.1 Å². The number of aryl methyl sites for hydroxylation is 2. The second-order valence-electron chi connectivity index (χ2n) is 8.90. The summed E-state index contributed by atoms with van der Waals surface area (Å²) in [7, 11) is 0. The van der Waals surface area contributed by atoms with Crippen LogP contribution in [0, 0.1) is 19.8 Å². The summed E-state index contributed by atoms with van der Waals surface area (Å²) in [6.07, 6.45) is 3.10. The number of nitrogens with zero attached hydrogens (tertiary/aromatic N) is 3. The molecule has 4 rings (SSSR count). The van der Waals surface area contributed by atoms with Crippen molar-refractivity contribution in [3.63, 3.8) is 0 Å². The topological polar surface area (TPSA) is 88.3 Å².